The van der Waals surface area contributed by atoms with E-state index < -0.39 is 12.2 Å². The summed E-state index contributed by atoms with van der Waals surface area (Å²) in [6, 6.07) is 31.8. The maximum absolute atomic E-state index is 11.2. The van der Waals surface area contributed by atoms with Crippen molar-refractivity contribution in [2.75, 3.05) is 0 Å². The third-order valence-corrected chi connectivity index (χ3v) is 6.25. The van der Waals surface area contributed by atoms with Crippen molar-refractivity contribution in [3.8, 4) is 0 Å². The van der Waals surface area contributed by atoms with E-state index in [2.05, 4.69) is 48.6 Å². The predicted molar refractivity (Wildman–Crippen MR) is 142 cm³/mol. The molecule has 0 aromatic heterocycles. The average molecular weight is 443 g/mol. The van der Waals surface area contributed by atoms with Crippen LogP contribution in [0.4, 0.5) is 0 Å². The van der Waals surface area contributed by atoms with Crippen LogP contribution in [0.25, 0.3) is 36.5 Å². The van der Waals surface area contributed by atoms with Crippen molar-refractivity contribution in [3.05, 3.63) is 142 Å². The second kappa shape index (κ2) is 9.88. The minimum absolute atomic E-state index is 0.690. The second-order valence-electron chi connectivity index (χ2n) is 8.41. The molecule has 34 heavy (non-hydrogen) atoms. The van der Waals surface area contributed by atoms with Crippen LogP contribution in [0, 0.1) is 0 Å². The van der Waals surface area contributed by atoms with Crippen molar-refractivity contribution in [2.45, 2.75) is 12.2 Å². The summed E-state index contributed by atoms with van der Waals surface area (Å²) < 4.78 is 0. The minimum Gasteiger partial charge on any atom is -0.385 e. The molecule has 2 N–H and O–H groups in total. The highest BCUT2D eigenvalue weighted by atomic mass is 16.3. The molecule has 0 aliphatic heterocycles. The van der Waals surface area contributed by atoms with Crippen LogP contribution in [-0.4, -0.2) is 10.2 Å². The predicted octanol–water partition coefficient (Wildman–Crippen LogP) is 7.28. The molecule has 0 radical (unpaired) electrons. The fourth-order valence-corrected chi connectivity index (χ4v) is 4.37. The molecule has 0 saturated carbocycles. The van der Waals surface area contributed by atoms with Crippen molar-refractivity contribution >= 4 is 36.5 Å². The standard InChI is InChI=1S/C32H26O2/c33-31-29-15-7-5-13-27(29)21-19-25-11-3-1-9-23(25)17-18-24-10-2-4-12-26(24)20-22-28-14-6-8-16-30(28)32(31)34/h1-22,31-34H/b18-17-,21-19-,22-20-/t31-,32+. The van der Waals surface area contributed by atoms with Crippen LogP contribution in [0.2, 0.25) is 0 Å². The summed E-state index contributed by atoms with van der Waals surface area (Å²) in [6.45, 7) is 0. The fourth-order valence-electron chi connectivity index (χ4n) is 4.37. The van der Waals surface area contributed by atoms with Crippen LogP contribution in [0.15, 0.2) is 97.1 Å². The molecule has 166 valence electrons. The van der Waals surface area contributed by atoms with E-state index in [1.807, 2.05) is 84.9 Å². The van der Waals surface area contributed by atoms with Gasteiger partial charge >= 0.3 is 0 Å². The van der Waals surface area contributed by atoms with E-state index in [1.54, 1.807) is 0 Å². The Morgan fingerprint density at radius 2 is 0.559 bits per heavy atom. The third kappa shape index (κ3) is 4.55. The molecular formula is C32H26O2. The Labute approximate surface area is 200 Å². The lowest BCUT2D eigenvalue weighted by atomic mass is 9.91. The Hall–Kier alpha value is -3.98. The highest BCUT2D eigenvalue weighted by Gasteiger charge is 2.23. The Morgan fingerprint density at radius 3 is 0.882 bits per heavy atom. The second-order valence-corrected chi connectivity index (χ2v) is 8.41. The Kier molecular flexibility index (Phi) is 6.35. The number of hydrogen-bond acceptors (Lipinski definition) is 2. The van der Waals surface area contributed by atoms with Crippen molar-refractivity contribution in [1.82, 2.24) is 0 Å². The van der Waals surface area contributed by atoms with Gasteiger partial charge in [0.15, 0.2) is 0 Å². The van der Waals surface area contributed by atoms with Crippen molar-refractivity contribution in [1.29, 1.82) is 0 Å². The number of hydrogen-bond donors (Lipinski definition) is 2. The third-order valence-electron chi connectivity index (χ3n) is 6.25. The summed E-state index contributed by atoms with van der Waals surface area (Å²) in [5, 5.41) is 22.4. The zero-order valence-corrected chi connectivity index (χ0v) is 18.8. The summed E-state index contributed by atoms with van der Waals surface area (Å²) in [5.74, 6) is 0. The lowest BCUT2D eigenvalue weighted by Gasteiger charge is -2.22. The number of aliphatic hydroxyl groups excluding tert-OH is 2. The largest absolute Gasteiger partial charge is 0.385 e. The molecule has 0 spiro atoms. The summed E-state index contributed by atoms with van der Waals surface area (Å²) in [7, 11) is 0. The van der Waals surface area contributed by atoms with E-state index in [0.29, 0.717) is 11.1 Å². The van der Waals surface area contributed by atoms with Gasteiger partial charge in [0.1, 0.15) is 12.2 Å². The first-order valence-electron chi connectivity index (χ1n) is 11.5. The van der Waals surface area contributed by atoms with Gasteiger partial charge in [-0.1, -0.05) is 134 Å². The fraction of sp³-hybridized carbons (Fsp3) is 0.0625. The smallest absolute Gasteiger partial charge is 0.110 e. The van der Waals surface area contributed by atoms with Gasteiger partial charge < -0.3 is 10.2 Å². The molecule has 2 nitrogen and oxygen atoms in total. The number of aliphatic hydroxyl groups is 2. The van der Waals surface area contributed by atoms with E-state index in [4.69, 9.17) is 0 Å². The van der Waals surface area contributed by atoms with Crippen LogP contribution in [0.1, 0.15) is 56.7 Å². The maximum Gasteiger partial charge on any atom is 0.110 e. The van der Waals surface area contributed by atoms with Gasteiger partial charge in [-0.25, -0.2) is 0 Å². The van der Waals surface area contributed by atoms with Crippen molar-refractivity contribution in [2.24, 2.45) is 0 Å². The molecule has 1 aliphatic rings. The van der Waals surface area contributed by atoms with Gasteiger partial charge in [-0.05, 0) is 44.5 Å². The van der Waals surface area contributed by atoms with Crippen LogP contribution in [0.3, 0.4) is 0 Å². The van der Waals surface area contributed by atoms with Gasteiger partial charge in [-0.15, -0.1) is 0 Å². The molecular weight excluding hydrogens is 416 g/mol. The van der Waals surface area contributed by atoms with Crippen molar-refractivity contribution in [3.63, 3.8) is 0 Å². The molecule has 2 heteroatoms. The zero-order chi connectivity index (χ0) is 23.3. The molecule has 4 aromatic carbocycles. The number of benzene rings is 4. The topological polar surface area (TPSA) is 40.5 Å². The van der Waals surface area contributed by atoms with Gasteiger partial charge in [0.05, 0.1) is 0 Å². The molecule has 0 bridgehead atoms. The first-order chi connectivity index (χ1) is 16.7. The van der Waals surface area contributed by atoms with Crippen LogP contribution in [-0.2, 0) is 0 Å². The van der Waals surface area contributed by atoms with Crippen LogP contribution >= 0.6 is 0 Å². The first kappa shape index (κ1) is 21.8. The molecule has 1 aliphatic carbocycles. The Balaban J connectivity index is 1.71. The van der Waals surface area contributed by atoms with E-state index in [9.17, 15) is 10.2 Å². The van der Waals surface area contributed by atoms with E-state index in [1.165, 1.54) is 0 Å². The first-order valence-corrected chi connectivity index (χ1v) is 11.5. The Morgan fingerprint density at radius 1 is 0.324 bits per heavy atom. The Bertz CT molecular complexity index is 1290. The lowest BCUT2D eigenvalue weighted by Crippen LogP contribution is -2.12. The van der Waals surface area contributed by atoms with E-state index in [0.717, 1.165) is 33.4 Å². The van der Waals surface area contributed by atoms with Gasteiger partial charge in [0.2, 0.25) is 0 Å². The quantitative estimate of drug-likeness (QED) is 0.300. The molecule has 0 amide bonds. The number of rotatable bonds is 0. The summed E-state index contributed by atoms with van der Waals surface area (Å²) in [5.41, 5.74) is 7.49. The highest BCUT2D eigenvalue weighted by molar-refractivity contribution is 5.83. The molecule has 0 saturated heterocycles. The molecule has 0 fully saturated rings. The maximum atomic E-state index is 11.2. The molecule has 0 heterocycles. The molecule has 5 rings (SSSR count). The summed E-state index contributed by atoms with van der Waals surface area (Å²) in [4.78, 5) is 0. The average Bonchev–Trinajstić information content (AvgIpc) is 2.89. The van der Waals surface area contributed by atoms with Crippen LogP contribution in [0.5, 0.6) is 0 Å². The van der Waals surface area contributed by atoms with E-state index in [-0.39, 0.29) is 0 Å². The lowest BCUT2D eigenvalue weighted by molar-refractivity contribution is 0.0170. The molecule has 4 aromatic rings. The molecule has 0 unspecified atom stereocenters. The van der Waals surface area contributed by atoms with Gasteiger partial charge in [-0.3, -0.25) is 0 Å². The van der Waals surface area contributed by atoms with Gasteiger partial charge in [0, 0.05) is 0 Å². The number of fused-ring (bicyclic) bond motifs is 4. The molecule has 2 atom stereocenters. The van der Waals surface area contributed by atoms with Crippen LogP contribution < -0.4 is 0 Å². The monoisotopic (exact) mass is 442 g/mol. The zero-order valence-electron chi connectivity index (χ0n) is 18.8. The SMILES string of the molecule is O[C@@H]1c2ccccc2/C=C\c2ccccc2/C=C\c2ccccc2/C=C\c2ccccc2[C@@H]1O. The normalized spacial score (nSPS) is 20.2. The highest BCUT2D eigenvalue weighted by Crippen LogP contribution is 2.34. The minimum atomic E-state index is -1.06. The van der Waals surface area contributed by atoms with E-state index >= 15 is 0 Å². The summed E-state index contributed by atoms with van der Waals surface area (Å²) in [6.07, 6.45) is 10.3. The van der Waals surface area contributed by atoms with Crippen molar-refractivity contribution < 1.29 is 10.2 Å². The van der Waals surface area contributed by atoms with Gasteiger partial charge in [-0.2, -0.15) is 0 Å². The summed E-state index contributed by atoms with van der Waals surface area (Å²) >= 11 is 0. The van der Waals surface area contributed by atoms with Gasteiger partial charge in [0.25, 0.3) is 0 Å².